The Bertz CT molecular complexity index is 630. The van der Waals surface area contributed by atoms with Gasteiger partial charge in [0.1, 0.15) is 5.82 Å². The molecule has 2 aromatic carbocycles. The third-order valence-electron chi connectivity index (χ3n) is 3.89. The van der Waals surface area contributed by atoms with Gasteiger partial charge in [-0.3, -0.25) is 4.79 Å². The molecule has 4 heteroatoms. The molecule has 0 unspecified atom stereocenters. The number of benzene rings is 2. The molecule has 2 rings (SSSR count). The van der Waals surface area contributed by atoms with E-state index in [0.717, 1.165) is 5.56 Å². The zero-order chi connectivity index (χ0) is 16.7. The van der Waals surface area contributed by atoms with Crippen LogP contribution in [0.2, 0.25) is 0 Å². The number of carbonyl (C=O) groups excluding carboxylic acids is 1. The average molecular weight is 315 g/mol. The molecule has 0 radical (unpaired) electrons. The molecule has 0 saturated heterocycles. The third kappa shape index (κ3) is 4.63. The summed E-state index contributed by atoms with van der Waals surface area (Å²) in [6, 6.07) is 15.9. The van der Waals surface area contributed by atoms with Crippen LogP contribution in [0.4, 0.5) is 4.39 Å². The minimum absolute atomic E-state index is 0.0443. The Morgan fingerprint density at radius 1 is 1.13 bits per heavy atom. The van der Waals surface area contributed by atoms with Gasteiger partial charge < -0.3 is 10.1 Å². The normalized spacial score (nSPS) is 13.3. The number of carbonyl (C=O) groups is 1. The van der Waals surface area contributed by atoms with Gasteiger partial charge in [-0.2, -0.15) is 0 Å². The Labute approximate surface area is 136 Å². The number of nitrogens with one attached hydrogen (secondary N) is 1. The molecule has 1 amide bonds. The summed E-state index contributed by atoms with van der Waals surface area (Å²) in [7, 11) is 1.55. The minimum atomic E-state index is -0.372. The fraction of sp³-hybridized carbons (Fsp3) is 0.316. The zero-order valence-electron chi connectivity index (χ0n) is 13.5. The standard InChI is InChI=1S/C19H22FNO2/c1-3-17(14-8-5-4-6-9-14)19(22)21-13-18(23-2)15-10-7-11-16(20)12-15/h4-12,17-18H,3,13H2,1-2H3,(H,21,22)/t17-,18+/m0/s1. The second-order valence-electron chi connectivity index (χ2n) is 5.40. The Balaban J connectivity index is 2.01. The number of ether oxygens (including phenoxy) is 1. The van der Waals surface area contributed by atoms with Crippen LogP contribution in [0.1, 0.15) is 36.5 Å². The molecule has 23 heavy (non-hydrogen) atoms. The van der Waals surface area contributed by atoms with Gasteiger partial charge in [-0.1, -0.05) is 49.4 Å². The molecule has 0 heterocycles. The highest BCUT2D eigenvalue weighted by Crippen LogP contribution is 2.21. The minimum Gasteiger partial charge on any atom is -0.375 e. The van der Waals surface area contributed by atoms with Gasteiger partial charge in [0.05, 0.1) is 12.0 Å². The first kappa shape index (κ1) is 17.2. The molecule has 1 N–H and O–H groups in total. The van der Waals surface area contributed by atoms with Crippen LogP contribution < -0.4 is 5.32 Å². The second kappa shape index (κ2) is 8.44. The summed E-state index contributed by atoms with van der Waals surface area (Å²) >= 11 is 0. The van der Waals surface area contributed by atoms with Crippen molar-refractivity contribution < 1.29 is 13.9 Å². The monoisotopic (exact) mass is 315 g/mol. The highest BCUT2D eigenvalue weighted by Gasteiger charge is 2.20. The Hall–Kier alpha value is -2.20. The van der Waals surface area contributed by atoms with Crippen molar-refractivity contribution >= 4 is 5.91 Å². The van der Waals surface area contributed by atoms with Crippen molar-refractivity contribution in [1.82, 2.24) is 5.32 Å². The fourth-order valence-corrected chi connectivity index (χ4v) is 2.62. The van der Waals surface area contributed by atoms with Crippen LogP contribution in [0.25, 0.3) is 0 Å². The Kier molecular flexibility index (Phi) is 6.29. The molecular formula is C19H22FNO2. The van der Waals surface area contributed by atoms with Gasteiger partial charge >= 0.3 is 0 Å². The summed E-state index contributed by atoms with van der Waals surface area (Å²) in [4.78, 5) is 12.5. The number of halogens is 1. The quantitative estimate of drug-likeness (QED) is 0.843. The predicted octanol–water partition coefficient (Wildman–Crippen LogP) is 3.82. The topological polar surface area (TPSA) is 38.3 Å². The molecule has 0 aliphatic carbocycles. The highest BCUT2D eigenvalue weighted by atomic mass is 19.1. The van der Waals surface area contributed by atoms with Crippen molar-refractivity contribution in [3.63, 3.8) is 0 Å². The average Bonchev–Trinajstić information content (AvgIpc) is 2.57. The molecule has 122 valence electrons. The predicted molar refractivity (Wildman–Crippen MR) is 88.6 cm³/mol. The largest absolute Gasteiger partial charge is 0.375 e. The lowest BCUT2D eigenvalue weighted by molar-refractivity contribution is -0.123. The Morgan fingerprint density at radius 3 is 2.43 bits per heavy atom. The van der Waals surface area contributed by atoms with Gasteiger partial charge in [0.2, 0.25) is 5.91 Å². The van der Waals surface area contributed by atoms with Gasteiger partial charge in [-0.05, 0) is 29.7 Å². The van der Waals surface area contributed by atoms with Crippen molar-refractivity contribution in [3.05, 3.63) is 71.5 Å². The maximum Gasteiger partial charge on any atom is 0.227 e. The first-order valence-corrected chi connectivity index (χ1v) is 7.76. The van der Waals surface area contributed by atoms with E-state index in [1.54, 1.807) is 19.2 Å². The SMILES string of the molecule is CC[C@H](C(=O)NC[C@@H](OC)c1cccc(F)c1)c1ccccc1. The molecule has 3 nitrogen and oxygen atoms in total. The van der Waals surface area contributed by atoms with Crippen LogP contribution in [0, 0.1) is 5.82 Å². The first-order chi connectivity index (χ1) is 11.2. The molecule has 0 aliphatic heterocycles. The van der Waals surface area contributed by atoms with Gasteiger partial charge in [0.25, 0.3) is 0 Å². The van der Waals surface area contributed by atoms with E-state index in [0.29, 0.717) is 18.5 Å². The zero-order valence-corrected chi connectivity index (χ0v) is 13.5. The summed E-state index contributed by atoms with van der Waals surface area (Å²) < 4.78 is 18.7. The number of amides is 1. The molecule has 0 aliphatic rings. The van der Waals surface area contributed by atoms with E-state index in [1.165, 1.54) is 12.1 Å². The molecule has 0 bridgehead atoms. The van der Waals surface area contributed by atoms with Gasteiger partial charge in [-0.25, -0.2) is 4.39 Å². The smallest absolute Gasteiger partial charge is 0.227 e. The molecule has 2 atom stereocenters. The number of hydrogen-bond donors (Lipinski definition) is 1. The van der Waals surface area contributed by atoms with E-state index in [4.69, 9.17) is 4.74 Å². The first-order valence-electron chi connectivity index (χ1n) is 7.76. The highest BCUT2D eigenvalue weighted by molar-refractivity contribution is 5.83. The molecular weight excluding hydrogens is 293 g/mol. The van der Waals surface area contributed by atoms with Crippen LogP contribution in [-0.2, 0) is 9.53 Å². The van der Waals surface area contributed by atoms with Gasteiger partial charge in [-0.15, -0.1) is 0 Å². The van der Waals surface area contributed by atoms with Crippen molar-refractivity contribution in [2.24, 2.45) is 0 Å². The molecule has 0 spiro atoms. The van der Waals surface area contributed by atoms with Crippen molar-refractivity contribution in [2.45, 2.75) is 25.4 Å². The molecule has 0 saturated carbocycles. The summed E-state index contributed by atoms with van der Waals surface area (Å²) in [5, 5.41) is 2.91. The second-order valence-corrected chi connectivity index (χ2v) is 5.40. The summed E-state index contributed by atoms with van der Waals surface area (Å²) in [5.41, 5.74) is 1.70. The van der Waals surface area contributed by atoms with E-state index in [-0.39, 0.29) is 23.7 Å². The maximum atomic E-state index is 13.3. The maximum absolute atomic E-state index is 13.3. The molecule has 2 aromatic rings. The van der Waals surface area contributed by atoms with Gasteiger partial charge in [0.15, 0.2) is 0 Å². The van der Waals surface area contributed by atoms with Crippen molar-refractivity contribution in [1.29, 1.82) is 0 Å². The van der Waals surface area contributed by atoms with Crippen LogP contribution in [0.5, 0.6) is 0 Å². The summed E-state index contributed by atoms with van der Waals surface area (Å²) in [6.45, 7) is 2.29. The van der Waals surface area contributed by atoms with E-state index in [1.807, 2.05) is 37.3 Å². The van der Waals surface area contributed by atoms with Crippen LogP contribution in [0.15, 0.2) is 54.6 Å². The van der Waals surface area contributed by atoms with E-state index in [2.05, 4.69) is 5.32 Å². The summed E-state index contributed by atoms with van der Waals surface area (Å²) in [5.74, 6) is -0.551. The van der Waals surface area contributed by atoms with Gasteiger partial charge in [0, 0.05) is 13.7 Å². The van der Waals surface area contributed by atoms with Crippen LogP contribution in [-0.4, -0.2) is 19.6 Å². The van der Waals surface area contributed by atoms with E-state index >= 15 is 0 Å². The Morgan fingerprint density at radius 2 is 1.83 bits per heavy atom. The van der Waals surface area contributed by atoms with E-state index in [9.17, 15) is 9.18 Å². The lowest BCUT2D eigenvalue weighted by Crippen LogP contribution is -2.33. The lowest BCUT2D eigenvalue weighted by atomic mass is 9.95. The molecule has 0 aromatic heterocycles. The number of methoxy groups -OCH3 is 1. The molecule has 0 fully saturated rings. The van der Waals surface area contributed by atoms with Crippen LogP contribution >= 0.6 is 0 Å². The van der Waals surface area contributed by atoms with Crippen molar-refractivity contribution in [2.75, 3.05) is 13.7 Å². The van der Waals surface area contributed by atoms with Crippen molar-refractivity contribution in [3.8, 4) is 0 Å². The van der Waals surface area contributed by atoms with Crippen LogP contribution in [0.3, 0.4) is 0 Å². The lowest BCUT2D eigenvalue weighted by Gasteiger charge is -2.20. The number of rotatable bonds is 7. The van der Waals surface area contributed by atoms with E-state index < -0.39 is 0 Å². The number of hydrogen-bond acceptors (Lipinski definition) is 2. The summed E-state index contributed by atoms with van der Waals surface area (Å²) in [6.07, 6.45) is 0.343. The third-order valence-corrected chi connectivity index (χ3v) is 3.89. The fourth-order valence-electron chi connectivity index (χ4n) is 2.62.